The normalized spacial score (nSPS) is 14.3. The zero-order chi connectivity index (χ0) is 41.4. The fourth-order valence-corrected chi connectivity index (χ4v) is 6.07. The lowest BCUT2D eigenvalue weighted by molar-refractivity contribution is -0.870. The van der Waals surface area contributed by atoms with Crippen LogP contribution in [0.5, 0.6) is 0 Å². The van der Waals surface area contributed by atoms with Crippen molar-refractivity contribution in [3.05, 3.63) is 72.9 Å². The number of hydrogen-bond donors (Lipinski definition) is 1. The van der Waals surface area contributed by atoms with E-state index in [1.54, 1.807) is 0 Å². The van der Waals surface area contributed by atoms with Gasteiger partial charge in [-0.15, -0.1) is 0 Å². The van der Waals surface area contributed by atoms with E-state index in [2.05, 4.69) is 86.8 Å². The summed E-state index contributed by atoms with van der Waals surface area (Å²) >= 11 is 0. The molecule has 0 radical (unpaired) electrons. The van der Waals surface area contributed by atoms with E-state index in [0.29, 0.717) is 23.9 Å². The van der Waals surface area contributed by atoms with Crippen LogP contribution in [0.25, 0.3) is 0 Å². The van der Waals surface area contributed by atoms with Crippen LogP contribution < -0.4 is 0 Å². The van der Waals surface area contributed by atoms with Gasteiger partial charge in [0, 0.05) is 12.8 Å². The first-order chi connectivity index (χ1) is 27.0. The van der Waals surface area contributed by atoms with Crippen LogP contribution in [0.2, 0.25) is 0 Å². The van der Waals surface area contributed by atoms with E-state index in [1.807, 2.05) is 21.1 Å². The maximum Gasteiger partial charge on any atom is 0.472 e. The second-order valence-electron chi connectivity index (χ2n) is 15.3. The first-order valence-electron chi connectivity index (χ1n) is 21.7. The molecule has 0 aromatic rings. The second-order valence-corrected chi connectivity index (χ2v) is 16.8. The summed E-state index contributed by atoms with van der Waals surface area (Å²) in [6.07, 6.45) is 46.7. The molecule has 322 valence electrons. The molecule has 56 heavy (non-hydrogen) atoms. The summed E-state index contributed by atoms with van der Waals surface area (Å²) < 4.78 is 34.2. The molecule has 10 heteroatoms. The Labute approximate surface area is 342 Å². The lowest BCUT2D eigenvalue weighted by Gasteiger charge is -2.24. The molecule has 9 nitrogen and oxygen atoms in total. The number of unbranched alkanes of at least 4 members (excludes halogenated alkanes) is 12. The highest BCUT2D eigenvalue weighted by atomic mass is 31.2. The number of ether oxygens (including phenoxy) is 2. The minimum Gasteiger partial charge on any atom is -0.462 e. The number of carbonyl (C=O) groups is 2. The van der Waals surface area contributed by atoms with Gasteiger partial charge in [0.05, 0.1) is 27.7 Å². The van der Waals surface area contributed by atoms with E-state index in [4.69, 9.17) is 18.5 Å². The average Bonchev–Trinajstić information content (AvgIpc) is 3.15. The maximum atomic E-state index is 12.7. The predicted octanol–water partition coefficient (Wildman–Crippen LogP) is 12.2. The van der Waals surface area contributed by atoms with Crippen LogP contribution >= 0.6 is 7.82 Å². The minimum atomic E-state index is -4.39. The smallest absolute Gasteiger partial charge is 0.462 e. The van der Waals surface area contributed by atoms with E-state index in [0.717, 1.165) is 77.0 Å². The molecule has 0 saturated carbocycles. The number of nitrogens with zero attached hydrogens (tertiary/aromatic N) is 1. The molecule has 0 aromatic heterocycles. The highest BCUT2D eigenvalue weighted by Crippen LogP contribution is 2.43. The lowest BCUT2D eigenvalue weighted by Crippen LogP contribution is -2.37. The van der Waals surface area contributed by atoms with Crippen LogP contribution in [-0.4, -0.2) is 74.9 Å². The summed E-state index contributed by atoms with van der Waals surface area (Å²) in [5, 5.41) is 0. The van der Waals surface area contributed by atoms with Crippen molar-refractivity contribution in [3.63, 3.8) is 0 Å². The Balaban J connectivity index is 4.45. The number of quaternary nitrogens is 1. The predicted molar refractivity (Wildman–Crippen MR) is 233 cm³/mol. The molecule has 0 aromatic carbocycles. The minimum absolute atomic E-state index is 0.0199. The molecule has 0 fully saturated rings. The Morgan fingerprint density at radius 1 is 0.571 bits per heavy atom. The Kier molecular flexibility index (Phi) is 36.3. The summed E-state index contributed by atoms with van der Waals surface area (Å²) in [6, 6.07) is 0. The number of hydrogen-bond acceptors (Lipinski definition) is 7. The van der Waals surface area contributed by atoms with Crippen LogP contribution in [0, 0.1) is 0 Å². The van der Waals surface area contributed by atoms with Crippen LogP contribution in [0.15, 0.2) is 72.9 Å². The van der Waals surface area contributed by atoms with Crippen LogP contribution in [0.4, 0.5) is 0 Å². The molecule has 0 saturated heterocycles. The fourth-order valence-electron chi connectivity index (χ4n) is 5.33. The van der Waals surface area contributed by atoms with Gasteiger partial charge in [-0.2, -0.15) is 0 Å². The number of phosphoric ester groups is 1. The Morgan fingerprint density at radius 3 is 1.54 bits per heavy atom. The molecule has 0 heterocycles. The van der Waals surface area contributed by atoms with Crippen LogP contribution in [0.3, 0.4) is 0 Å². The van der Waals surface area contributed by atoms with Gasteiger partial charge < -0.3 is 18.9 Å². The first kappa shape index (κ1) is 53.5. The highest BCUT2D eigenvalue weighted by molar-refractivity contribution is 7.47. The number of allylic oxidation sites excluding steroid dienone is 12. The quantitative estimate of drug-likeness (QED) is 0.0216. The standard InChI is InChI=1S/C46H80NO8P/c1-6-8-10-12-14-16-18-20-21-22-23-24-25-27-28-30-32-34-36-38-45(48)52-42-44(43-54-56(50,51)53-41-40-47(3,4)5)55-46(49)39-37-35-33-31-29-26-19-17-15-13-11-9-7-2/h8,10,14,16,20-21,23-24,26-29,44H,6-7,9,11-13,15,17-19,22,25,30-43H2,1-5H3/p+1/b10-8+,16-14+,21-20+,24-23+,28-27+,29-26+/t44-/m0/s1. The molecular weight excluding hydrogens is 725 g/mol. The van der Waals surface area contributed by atoms with E-state index < -0.39 is 32.5 Å². The molecular formula is C46H81NO8P+. The van der Waals surface area contributed by atoms with Gasteiger partial charge in [-0.25, -0.2) is 4.57 Å². The van der Waals surface area contributed by atoms with E-state index in [-0.39, 0.29) is 26.1 Å². The summed E-state index contributed by atoms with van der Waals surface area (Å²) in [5.41, 5.74) is 0. The van der Waals surface area contributed by atoms with Crippen LogP contribution in [-0.2, 0) is 32.7 Å². The largest absolute Gasteiger partial charge is 0.472 e. The van der Waals surface area contributed by atoms with Crippen LogP contribution in [0.1, 0.15) is 155 Å². The van der Waals surface area contributed by atoms with Gasteiger partial charge in [-0.05, 0) is 83.5 Å². The van der Waals surface area contributed by atoms with E-state index >= 15 is 0 Å². The Bertz CT molecular complexity index is 1180. The Hall–Kier alpha value is -2.55. The number of rotatable bonds is 38. The molecule has 1 N–H and O–H groups in total. The average molecular weight is 807 g/mol. The number of carbonyl (C=O) groups excluding carboxylic acids is 2. The van der Waals surface area contributed by atoms with Crippen molar-refractivity contribution in [1.29, 1.82) is 0 Å². The second kappa shape index (κ2) is 38.0. The number of esters is 2. The van der Waals surface area contributed by atoms with Crippen molar-refractivity contribution in [1.82, 2.24) is 0 Å². The SMILES string of the molecule is CC/C=C/C/C=C/C/C=C/C/C=C/C/C=C/CCCCCC(=O)OC[C@@H](COP(=O)(O)OCC[N+](C)(C)C)OC(=O)CCCCC/C=C/CCCCCCCC. The van der Waals surface area contributed by atoms with Crippen molar-refractivity contribution < 1.29 is 42.1 Å². The molecule has 0 bridgehead atoms. The number of phosphoric acid groups is 1. The zero-order valence-corrected chi connectivity index (χ0v) is 37.0. The fraction of sp³-hybridized carbons (Fsp3) is 0.696. The highest BCUT2D eigenvalue weighted by Gasteiger charge is 2.27. The lowest BCUT2D eigenvalue weighted by atomic mass is 10.1. The van der Waals surface area contributed by atoms with Gasteiger partial charge in [0.2, 0.25) is 0 Å². The summed E-state index contributed by atoms with van der Waals surface area (Å²) in [7, 11) is 1.44. The van der Waals surface area contributed by atoms with Gasteiger partial charge in [-0.1, -0.05) is 132 Å². The van der Waals surface area contributed by atoms with E-state index in [1.165, 1.54) is 38.5 Å². The van der Waals surface area contributed by atoms with Gasteiger partial charge in [0.15, 0.2) is 6.10 Å². The van der Waals surface area contributed by atoms with Crippen molar-refractivity contribution in [2.75, 3.05) is 47.5 Å². The van der Waals surface area contributed by atoms with Crippen molar-refractivity contribution >= 4 is 19.8 Å². The third-order valence-electron chi connectivity index (χ3n) is 8.72. The molecule has 0 aliphatic carbocycles. The molecule has 0 amide bonds. The van der Waals surface area contributed by atoms with Crippen molar-refractivity contribution in [2.24, 2.45) is 0 Å². The summed E-state index contributed by atoms with van der Waals surface area (Å²) in [5.74, 6) is -0.862. The summed E-state index contributed by atoms with van der Waals surface area (Å²) in [6.45, 7) is 4.22. The van der Waals surface area contributed by atoms with Gasteiger partial charge in [0.25, 0.3) is 0 Å². The Morgan fingerprint density at radius 2 is 1.02 bits per heavy atom. The van der Waals surface area contributed by atoms with Crippen molar-refractivity contribution in [2.45, 2.75) is 161 Å². The molecule has 0 rings (SSSR count). The molecule has 0 aliphatic heterocycles. The molecule has 0 spiro atoms. The summed E-state index contributed by atoms with van der Waals surface area (Å²) in [4.78, 5) is 35.3. The monoisotopic (exact) mass is 807 g/mol. The molecule has 1 unspecified atom stereocenters. The third-order valence-corrected chi connectivity index (χ3v) is 9.70. The topological polar surface area (TPSA) is 108 Å². The first-order valence-corrected chi connectivity index (χ1v) is 23.2. The molecule has 2 atom stereocenters. The van der Waals surface area contributed by atoms with Gasteiger partial charge in [-0.3, -0.25) is 18.6 Å². The van der Waals surface area contributed by atoms with E-state index in [9.17, 15) is 19.0 Å². The van der Waals surface area contributed by atoms with Gasteiger partial charge >= 0.3 is 19.8 Å². The maximum absolute atomic E-state index is 12.7. The van der Waals surface area contributed by atoms with Gasteiger partial charge in [0.1, 0.15) is 19.8 Å². The van der Waals surface area contributed by atoms with Crippen molar-refractivity contribution in [3.8, 4) is 0 Å². The molecule has 0 aliphatic rings. The third kappa shape index (κ3) is 41.1. The zero-order valence-electron chi connectivity index (χ0n) is 36.1. The number of likely N-dealkylation sites (N-methyl/N-ethyl adjacent to an activating group) is 1.